The molecule has 0 saturated heterocycles. The average Bonchev–Trinajstić information content (AvgIpc) is 3.02. The van der Waals surface area contributed by atoms with Crippen molar-refractivity contribution in [1.82, 2.24) is 0 Å². The lowest BCUT2D eigenvalue weighted by Gasteiger charge is -2.18. The van der Waals surface area contributed by atoms with Gasteiger partial charge in [-0.3, -0.25) is 0 Å². The Morgan fingerprint density at radius 3 is 2.36 bits per heavy atom. The number of benzene rings is 2. The number of rotatable bonds is 6. The summed E-state index contributed by atoms with van der Waals surface area (Å²) in [6.07, 6.45) is 7.07. The molecule has 0 atom stereocenters. The normalized spacial score (nSPS) is 16.1. The molecule has 2 aromatic carbocycles. The Hall–Kier alpha value is -3.27. The maximum Gasteiger partial charge on any atom is 0.338 e. The number of hydrogen-bond donors (Lipinski definition) is 0. The molecule has 2 aromatic rings. The number of hydrogen-bond acceptors (Lipinski definition) is 3. The van der Waals surface area contributed by atoms with Gasteiger partial charge in [0, 0.05) is 0 Å². The van der Waals surface area contributed by atoms with Gasteiger partial charge in [0.25, 0.3) is 0 Å². The summed E-state index contributed by atoms with van der Waals surface area (Å²) in [5, 5.41) is 0. The third kappa shape index (κ3) is 5.06. The first-order chi connectivity index (χ1) is 16.0. The monoisotopic (exact) mass is 438 g/mol. The maximum absolute atomic E-state index is 12.9. The lowest BCUT2D eigenvalue weighted by molar-refractivity contribution is -0.138. The van der Waals surface area contributed by atoms with Gasteiger partial charge in [0.2, 0.25) is 6.71 Å². The van der Waals surface area contributed by atoms with Gasteiger partial charge in [-0.1, -0.05) is 71.0 Å². The van der Waals surface area contributed by atoms with Crippen LogP contribution >= 0.6 is 0 Å². The Bertz CT molecular complexity index is 1150. The number of para-hydroxylation sites is 1. The van der Waals surface area contributed by atoms with E-state index in [2.05, 4.69) is 39.0 Å². The molecule has 0 saturated carbocycles. The van der Waals surface area contributed by atoms with Gasteiger partial charge in [-0.15, -0.1) is 0 Å². The lowest BCUT2D eigenvalue weighted by atomic mass is 9.38. The molecule has 0 bridgehead atoms. The standard InChI is InChI=1S/C29H31BO3/c1-5-32-29(31)26-18-20(2)10-9-13-27-28(26)21(3)22(4)30(27)19-23-14-16-25(17-15-23)33-24-11-7-6-8-12-24/h6-8,10-12,14-18H,5,9,13,19H2,1-4H3. The summed E-state index contributed by atoms with van der Waals surface area (Å²) in [4.78, 5) is 12.9. The summed E-state index contributed by atoms with van der Waals surface area (Å²) in [6.45, 7) is 8.95. The zero-order valence-corrected chi connectivity index (χ0v) is 20.0. The first kappa shape index (κ1) is 22.9. The second-order valence-corrected chi connectivity index (χ2v) is 8.79. The van der Waals surface area contributed by atoms with Gasteiger partial charge in [0.15, 0.2) is 0 Å². The predicted molar refractivity (Wildman–Crippen MR) is 136 cm³/mol. The van der Waals surface area contributed by atoms with Crippen molar-refractivity contribution in [3.8, 4) is 11.5 Å². The van der Waals surface area contributed by atoms with E-state index in [9.17, 15) is 4.79 Å². The van der Waals surface area contributed by atoms with E-state index in [-0.39, 0.29) is 5.97 Å². The van der Waals surface area contributed by atoms with Crippen LogP contribution < -0.4 is 4.74 Å². The molecule has 1 heterocycles. The Labute approximate surface area is 197 Å². The molecular formula is C29H31BO3. The minimum absolute atomic E-state index is 0.227. The lowest BCUT2D eigenvalue weighted by Crippen LogP contribution is -2.21. The quantitative estimate of drug-likeness (QED) is 0.360. The molecule has 0 spiro atoms. The van der Waals surface area contributed by atoms with Crippen LogP contribution in [0, 0.1) is 0 Å². The van der Waals surface area contributed by atoms with E-state index in [1.807, 2.05) is 55.5 Å². The van der Waals surface area contributed by atoms with Crippen LogP contribution in [0.25, 0.3) is 0 Å². The van der Waals surface area contributed by atoms with Gasteiger partial charge in [-0.2, -0.15) is 0 Å². The van der Waals surface area contributed by atoms with Crippen molar-refractivity contribution < 1.29 is 14.3 Å². The number of carbonyl (C=O) groups excluding carboxylic acids is 1. The Balaban J connectivity index is 1.61. The SMILES string of the molecule is CCOC(=O)C1=CC(C)=CCCC2=C1C(C)=C(C)B2Cc1ccc(Oc2ccccc2)cc1. The van der Waals surface area contributed by atoms with Crippen LogP contribution in [0.3, 0.4) is 0 Å². The topological polar surface area (TPSA) is 35.5 Å². The highest BCUT2D eigenvalue weighted by Crippen LogP contribution is 2.41. The third-order valence-corrected chi connectivity index (χ3v) is 6.59. The summed E-state index contributed by atoms with van der Waals surface area (Å²) in [5.41, 5.74) is 8.10. The predicted octanol–water partition coefficient (Wildman–Crippen LogP) is 7.01. The van der Waals surface area contributed by atoms with Crippen LogP contribution in [0.4, 0.5) is 0 Å². The zero-order chi connectivity index (χ0) is 23.4. The maximum atomic E-state index is 12.9. The van der Waals surface area contributed by atoms with Gasteiger partial charge in [-0.25, -0.2) is 4.79 Å². The van der Waals surface area contributed by atoms with E-state index in [1.54, 1.807) is 0 Å². The Morgan fingerprint density at radius 2 is 1.67 bits per heavy atom. The molecule has 0 fully saturated rings. The largest absolute Gasteiger partial charge is 0.462 e. The molecule has 1 aliphatic heterocycles. The number of esters is 1. The number of ether oxygens (including phenoxy) is 2. The van der Waals surface area contributed by atoms with E-state index >= 15 is 0 Å². The summed E-state index contributed by atoms with van der Waals surface area (Å²) in [6, 6.07) is 18.2. The molecule has 33 heavy (non-hydrogen) atoms. The molecule has 0 radical (unpaired) electrons. The van der Waals surface area contributed by atoms with Crippen molar-refractivity contribution in [1.29, 1.82) is 0 Å². The van der Waals surface area contributed by atoms with E-state index < -0.39 is 0 Å². The molecule has 168 valence electrons. The van der Waals surface area contributed by atoms with Gasteiger partial charge >= 0.3 is 5.97 Å². The zero-order valence-electron chi connectivity index (χ0n) is 20.0. The van der Waals surface area contributed by atoms with E-state index in [1.165, 1.54) is 22.1 Å². The Kier molecular flexibility index (Phi) is 7.03. The minimum Gasteiger partial charge on any atom is -0.462 e. The molecule has 2 aliphatic rings. The summed E-state index contributed by atoms with van der Waals surface area (Å²) in [7, 11) is 0. The van der Waals surface area contributed by atoms with Crippen LogP contribution in [0.5, 0.6) is 11.5 Å². The second-order valence-electron chi connectivity index (χ2n) is 8.79. The molecule has 1 aliphatic carbocycles. The van der Waals surface area contributed by atoms with Crippen molar-refractivity contribution >= 4 is 12.7 Å². The first-order valence-electron chi connectivity index (χ1n) is 11.8. The molecule has 3 nitrogen and oxygen atoms in total. The van der Waals surface area contributed by atoms with E-state index in [0.717, 1.165) is 41.8 Å². The molecular weight excluding hydrogens is 407 g/mol. The van der Waals surface area contributed by atoms with Crippen LogP contribution in [-0.4, -0.2) is 19.3 Å². The van der Waals surface area contributed by atoms with Crippen molar-refractivity contribution in [2.75, 3.05) is 6.61 Å². The molecule has 0 aromatic heterocycles. The van der Waals surface area contributed by atoms with Crippen molar-refractivity contribution in [2.45, 2.75) is 46.9 Å². The van der Waals surface area contributed by atoms with Gasteiger partial charge < -0.3 is 9.47 Å². The molecule has 0 amide bonds. The van der Waals surface area contributed by atoms with E-state index in [0.29, 0.717) is 18.9 Å². The highest BCUT2D eigenvalue weighted by atomic mass is 16.5. The average molecular weight is 438 g/mol. The van der Waals surface area contributed by atoms with Gasteiger partial charge in [0.05, 0.1) is 12.2 Å². The highest BCUT2D eigenvalue weighted by Gasteiger charge is 2.35. The molecule has 4 rings (SSSR count). The summed E-state index contributed by atoms with van der Waals surface area (Å²) < 4.78 is 11.4. The minimum atomic E-state index is -0.227. The van der Waals surface area contributed by atoms with Crippen LogP contribution in [0.1, 0.15) is 46.1 Å². The van der Waals surface area contributed by atoms with Crippen molar-refractivity contribution in [2.24, 2.45) is 0 Å². The summed E-state index contributed by atoms with van der Waals surface area (Å²) >= 11 is 0. The first-order valence-corrected chi connectivity index (χ1v) is 11.8. The highest BCUT2D eigenvalue weighted by molar-refractivity contribution is 6.75. The fraction of sp³-hybridized carbons (Fsp3) is 0.276. The van der Waals surface area contributed by atoms with Crippen LogP contribution in [0.15, 0.2) is 100.0 Å². The fourth-order valence-electron chi connectivity index (χ4n) is 4.82. The van der Waals surface area contributed by atoms with Crippen molar-refractivity contribution in [3.05, 3.63) is 106 Å². The molecule has 0 unspecified atom stereocenters. The Morgan fingerprint density at radius 1 is 0.970 bits per heavy atom. The number of allylic oxidation sites excluding steroid dienone is 6. The second kappa shape index (κ2) is 10.1. The van der Waals surface area contributed by atoms with E-state index in [4.69, 9.17) is 9.47 Å². The van der Waals surface area contributed by atoms with Crippen molar-refractivity contribution in [3.63, 3.8) is 0 Å². The summed E-state index contributed by atoms with van der Waals surface area (Å²) in [5.74, 6) is 1.44. The third-order valence-electron chi connectivity index (χ3n) is 6.59. The van der Waals surface area contributed by atoms with Gasteiger partial charge in [0.1, 0.15) is 11.5 Å². The van der Waals surface area contributed by atoms with Crippen LogP contribution in [-0.2, 0) is 15.9 Å². The van der Waals surface area contributed by atoms with Crippen LogP contribution in [0.2, 0.25) is 0 Å². The fourth-order valence-corrected chi connectivity index (χ4v) is 4.82. The number of carbonyl (C=O) groups is 1. The molecule has 0 N–H and O–H groups in total. The smallest absolute Gasteiger partial charge is 0.338 e. The van der Waals surface area contributed by atoms with Gasteiger partial charge in [-0.05, 0) is 75.8 Å². The molecule has 4 heteroatoms.